The Balaban J connectivity index is 0.952. The Labute approximate surface area is 380 Å². The van der Waals surface area contributed by atoms with Crippen molar-refractivity contribution in [2.24, 2.45) is 0 Å². The van der Waals surface area contributed by atoms with Crippen LogP contribution < -0.4 is 24.0 Å². The zero-order valence-corrected chi connectivity index (χ0v) is 36.6. The molecule has 0 aromatic heterocycles. The first-order valence-electron chi connectivity index (χ1n) is 21.9. The molecular weight excluding hydrogens is 856 g/mol. The number of carbonyl (C=O) groups is 3. The first-order chi connectivity index (χ1) is 31.6. The number of nitrogens with zero attached hydrogens (tertiary/aromatic N) is 4. The number of piperidine rings is 1. The predicted molar refractivity (Wildman–Crippen MR) is 242 cm³/mol. The van der Waals surface area contributed by atoms with Gasteiger partial charge in [-0.3, -0.25) is 19.7 Å². The summed E-state index contributed by atoms with van der Waals surface area (Å²) in [4.78, 5) is 57.1. The maximum Gasteiger partial charge on any atom is 0.414 e. The van der Waals surface area contributed by atoms with E-state index in [1.165, 1.54) is 25.3 Å². The SMILES string of the molecule is COc1cc2c(cc1OCc1cccc(CC(=O)N3C[C@@H](CCl)c4c3cc(OCc3ccc([N+](=O)[O-])cc3)c3ccccc43)c1)N(C(=O)O)C(OC1CCCCO1)[C@@H]1CCCCN1C2=O. The number of alkyl halides is 1. The van der Waals surface area contributed by atoms with Crippen LogP contribution in [0.2, 0.25) is 0 Å². The fourth-order valence-electron chi connectivity index (χ4n) is 9.53. The Hall–Kier alpha value is -6.42. The van der Waals surface area contributed by atoms with E-state index in [1.807, 2.05) is 54.6 Å². The molecule has 1 N–H and O–H groups in total. The summed E-state index contributed by atoms with van der Waals surface area (Å²) < 4.78 is 30.8. The molecular formula is C49H49ClN4O11. The van der Waals surface area contributed by atoms with Crippen LogP contribution in [-0.4, -0.2) is 84.1 Å². The van der Waals surface area contributed by atoms with Crippen LogP contribution in [-0.2, 0) is 33.9 Å². The van der Waals surface area contributed by atoms with Gasteiger partial charge in [0.1, 0.15) is 19.0 Å². The predicted octanol–water partition coefficient (Wildman–Crippen LogP) is 9.19. The number of nitro groups is 1. The Kier molecular flexibility index (Phi) is 12.8. The molecule has 4 atom stereocenters. The third kappa shape index (κ3) is 8.87. The number of non-ortho nitro benzene ring substituents is 1. The molecule has 15 nitrogen and oxygen atoms in total. The minimum absolute atomic E-state index is 0.00510. The number of hydrogen-bond donors (Lipinski definition) is 1. The van der Waals surface area contributed by atoms with Gasteiger partial charge in [0.05, 0.1) is 41.4 Å². The number of methoxy groups -OCH3 is 1. The van der Waals surface area contributed by atoms with Crippen molar-refractivity contribution in [2.75, 3.05) is 42.5 Å². The van der Waals surface area contributed by atoms with E-state index >= 15 is 0 Å². The van der Waals surface area contributed by atoms with Gasteiger partial charge >= 0.3 is 6.09 Å². The molecule has 9 rings (SSSR count). The molecule has 0 bridgehead atoms. The number of carbonyl (C=O) groups excluding carboxylic acids is 2. The molecule has 0 aliphatic carbocycles. The number of anilines is 2. The molecule has 65 heavy (non-hydrogen) atoms. The van der Waals surface area contributed by atoms with Crippen LogP contribution in [0, 0.1) is 10.1 Å². The lowest BCUT2D eigenvalue weighted by Crippen LogP contribution is -2.57. The van der Waals surface area contributed by atoms with Crippen LogP contribution in [0.5, 0.6) is 17.2 Å². The van der Waals surface area contributed by atoms with Crippen molar-refractivity contribution in [3.8, 4) is 17.2 Å². The average molecular weight is 905 g/mol. The van der Waals surface area contributed by atoms with Crippen molar-refractivity contribution in [2.45, 2.75) is 82.6 Å². The monoisotopic (exact) mass is 904 g/mol. The van der Waals surface area contributed by atoms with Crippen LogP contribution in [0.4, 0.5) is 21.9 Å². The standard InChI is InChI=1S/C49H49ClN4O11/c1-61-42-23-37-39(53(49(57)58)48(65-45-14-5-7-20-62-45)38-13-4-6-19-51(38)47(37)56)24-43(42)64-29-32-10-8-9-31(21-32)22-44(55)52-27-33(26-50)46-36-12-3-2-11-35(36)41(25-40(46)52)63-28-30-15-17-34(18-16-30)54(59)60/h2-3,8-12,15-18,21,23-25,33,38,45,48H,4-7,13-14,19-20,22,26-29H2,1H3,(H,57,58)/t33-,38+,45?,48?/m1/s1. The summed E-state index contributed by atoms with van der Waals surface area (Å²) in [5, 5.41) is 23.8. The van der Waals surface area contributed by atoms with Gasteiger partial charge in [-0.05, 0) is 84.4 Å². The van der Waals surface area contributed by atoms with Crippen molar-refractivity contribution in [1.82, 2.24) is 4.90 Å². The molecule has 2 unspecified atom stereocenters. The van der Waals surface area contributed by atoms with Gasteiger partial charge in [0.2, 0.25) is 5.91 Å². The highest BCUT2D eigenvalue weighted by atomic mass is 35.5. The van der Waals surface area contributed by atoms with Crippen LogP contribution in [0.3, 0.4) is 0 Å². The van der Waals surface area contributed by atoms with Crippen molar-refractivity contribution in [3.05, 3.63) is 129 Å². The molecule has 0 radical (unpaired) electrons. The number of benzene rings is 5. The van der Waals surface area contributed by atoms with Crippen LogP contribution in [0.15, 0.2) is 91.0 Å². The van der Waals surface area contributed by atoms with Crippen molar-refractivity contribution in [1.29, 1.82) is 0 Å². The zero-order valence-electron chi connectivity index (χ0n) is 35.9. The maximum absolute atomic E-state index is 14.3. The molecule has 338 valence electrons. The van der Waals surface area contributed by atoms with Crippen molar-refractivity contribution < 1.29 is 48.1 Å². The molecule has 2 saturated heterocycles. The summed E-state index contributed by atoms with van der Waals surface area (Å²) in [6.07, 6.45) is 1.83. The first-order valence-corrected chi connectivity index (χ1v) is 22.5. The molecule has 4 aliphatic heterocycles. The van der Waals surface area contributed by atoms with Gasteiger partial charge in [0.15, 0.2) is 24.0 Å². The number of ether oxygens (including phenoxy) is 5. The number of fused-ring (bicyclic) bond motifs is 5. The lowest BCUT2D eigenvalue weighted by Gasteiger charge is -2.42. The molecule has 2 fully saturated rings. The smallest absolute Gasteiger partial charge is 0.414 e. The molecule has 5 aromatic rings. The molecule has 0 saturated carbocycles. The van der Waals surface area contributed by atoms with Gasteiger partial charge in [0, 0.05) is 61.1 Å². The number of hydrogen-bond acceptors (Lipinski definition) is 10. The van der Waals surface area contributed by atoms with Crippen LogP contribution in [0.25, 0.3) is 10.8 Å². The van der Waals surface area contributed by atoms with Crippen LogP contribution >= 0.6 is 11.6 Å². The summed E-state index contributed by atoms with van der Waals surface area (Å²) >= 11 is 6.56. The number of amides is 3. The summed E-state index contributed by atoms with van der Waals surface area (Å²) in [6, 6.07) is 26.0. The number of nitro benzene ring substituents is 1. The number of rotatable bonds is 13. The number of halogens is 1. The van der Waals surface area contributed by atoms with E-state index in [2.05, 4.69) is 0 Å². The Morgan fingerprint density at radius 1 is 0.846 bits per heavy atom. The highest BCUT2D eigenvalue weighted by Crippen LogP contribution is 2.46. The highest BCUT2D eigenvalue weighted by Gasteiger charge is 2.46. The topological polar surface area (TPSA) is 170 Å². The normalized spacial score (nSPS) is 20.4. The largest absolute Gasteiger partial charge is 0.493 e. The Bertz CT molecular complexity index is 2620. The average Bonchev–Trinajstić information content (AvgIpc) is 3.67. The summed E-state index contributed by atoms with van der Waals surface area (Å²) in [5.74, 6) is 0.836. The molecule has 4 aliphatic rings. The molecule has 4 heterocycles. The fraction of sp³-hybridized carbons (Fsp3) is 0.367. The molecule has 3 amide bonds. The second kappa shape index (κ2) is 19.0. The third-order valence-corrected chi connectivity index (χ3v) is 13.1. The van der Waals surface area contributed by atoms with E-state index in [1.54, 1.807) is 28.0 Å². The summed E-state index contributed by atoms with van der Waals surface area (Å²) in [6.45, 7) is 1.59. The van der Waals surface area contributed by atoms with Gasteiger partial charge in [-0.2, -0.15) is 0 Å². The van der Waals surface area contributed by atoms with E-state index in [0.717, 1.165) is 69.3 Å². The fourth-order valence-corrected chi connectivity index (χ4v) is 9.78. The Morgan fingerprint density at radius 2 is 1.58 bits per heavy atom. The van der Waals surface area contributed by atoms with E-state index in [0.29, 0.717) is 44.2 Å². The summed E-state index contributed by atoms with van der Waals surface area (Å²) in [5.41, 5.74) is 4.26. The lowest BCUT2D eigenvalue weighted by molar-refractivity contribution is -0.384. The highest BCUT2D eigenvalue weighted by molar-refractivity contribution is 6.19. The van der Waals surface area contributed by atoms with Crippen molar-refractivity contribution in [3.63, 3.8) is 0 Å². The molecule has 16 heteroatoms. The first kappa shape index (κ1) is 43.8. The van der Waals surface area contributed by atoms with E-state index in [9.17, 15) is 29.6 Å². The van der Waals surface area contributed by atoms with E-state index in [4.69, 9.17) is 35.3 Å². The minimum atomic E-state index is -1.27. The third-order valence-electron chi connectivity index (χ3n) is 12.7. The maximum atomic E-state index is 14.3. The number of carboxylic acid groups (broad SMARTS) is 1. The van der Waals surface area contributed by atoms with E-state index in [-0.39, 0.29) is 65.8 Å². The van der Waals surface area contributed by atoms with Crippen molar-refractivity contribution >= 4 is 57.3 Å². The lowest BCUT2D eigenvalue weighted by atomic mass is 9.95. The second-order valence-corrected chi connectivity index (χ2v) is 17.1. The van der Waals surface area contributed by atoms with Gasteiger partial charge in [-0.15, -0.1) is 11.6 Å². The second-order valence-electron chi connectivity index (χ2n) is 16.8. The van der Waals surface area contributed by atoms with Gasteiger partial charge in [-0.1, -0.05) is 48.5 Å². The molecule has 5 aromatic carbocycles. The molecule has 0 spiro atoms. The summed E-state index contributed by atoms with van der Waals surface area (Å²) in [7, 11) is 1.47. The zero-order chi connectivity index (χ0) is 45.2. The quantitative estimate of drug-likeness (QED) is 0.0679. The van der Waals surface area contributed by atoms with E-state index < -0.39 is 29.6 Å². The van der Waals surface area contributed by atoms with Gasteiger partial charge < -0.3 is 38.6 Å². The van der Waals surface area contributed by atoms with Crippen LogP contribution in [0.1, 0.15) is 77.1 Å². The Morgan fingerprint density at radius 3 is 2.32 bits per heavy atom. The van der Waals surface area contributed by atoms with Gasteiger partial charge in [-0.25, -0.2) is 9.69 Å². The van der Waals surface area contributed by atoms with Gasteiger partial charge in [0.25, 0.3) is 11.6 Å². The minimum Gasteiger partial charge on any atom is -0.493 e.